The van der Waals surface area contributed by atoms with Gasteiger partial charge >= 0.3 is 0 Å². The predicted molar refractivity (Wildman–Crippen MR) is 113 cm³/mol. The molecule has 1 unspecified atom stereocenters. The number of imidazole rings is 1. The van der Waals surface area contributed by atoms with Crippen molar-refractivity contribution in [1.82, 2.24) is 24.3 Å². The molecule has 1 aromatic carbocycles. The first-order chi connectivity index (χ1) is 14.6. The Balaban J connectivity index is 1.22. The molecule has 0 radical (unpaired) electrons. The van der Waals surface area contributed by atoms with E-state index in [1.165, 1.54) is 11.1 Å². The van der Waals surface area contributed by atoms with Crippen LogP contribution in [0.15, 0.2) is 36.7 Å². The topological polar surface area (TPSA) is 77.4 Å². The summed E-state index contributed by atoms with van der Waals surface area (Å²) in [6, 6.07) is 10.5. The van der Waals surface area contributed by atoms with Gasteiger partial charge in [-0.3, -0.25) is 9.69 Å². The molecule has 6 rings (SSSR count). The molecule has 2 N–H and O–H groups in total. The third-order valence-corrected chi connectivity index (χ3v) is 7.11. The van der Waals surface area contributed by atoms with Crippen molar-refractivity contribution >= 4 is 16.8 Å². The lowest BCUT2D eigenvalue weighted by Gasteiger charge is -2.38. The average molecular weight is 406 g/mol. The number of carbonyl (C=O) groups excluding carboxylic acids is 1. The van der Waals surface area contributed by atoms with E-state index in [4.69, 9.17) is 0 Å². The van der Waals surface area contributed by atoms with Crippen LogP contribution in [0.4, 0.5) is 0 Å². The van der Waals surface area contributed by atoms with Crippen LogP contribution in [0.2, 0.25) is 0 Å². The zero-order chi connectivity index (χ0) is 20.3. The Kier molecular flexibility index (Phi) is 4.05. The number of nitrogens with zero attached hydrogens (tertiary/aromatic N) is 4. The van der Waals surface area contributed by atoms with Crippen molar-refractivity contribution in [2.75, 3.05) is 13.1 Å². The summed E-state index contributed by atoms with van der Waals surface area (Å²) in [5, 5.41) is 11.3. The summed E-state index contributed by atoms with van der Waals surface area (Å²) >= 11 is 0. The number of amides is 1. The zero-order valence-electron chi connectivity index (χ0n) is 17.0. The smallest absolute Gasteiger partial charge is 0.274 e. The Morgan fingerprint density at radius 3 is 2.93 bits per heavy atom. The second kappa shape index (κ2) is 6.68. The van der Waals surface area contributed by atoms with Crippen molar-refractivity contribution in [2.45, 2.75) is 57.0 Å². The summed E-state index contributed by atoms with van der Waals surface area (Å²) in [6.45, 7) is 3.96. The minimum absolute atomic E-state index is 0.0422. The monoisotopic (exact) mass is 405 g/mol. The average Bonchev–Trinajstić information content (AvgIpc) is 3.19. The highest BCUT2D eigenvalue weighted by atomic mass is 16.3. The molecule has 2 aliphatic heterocycles. The summed E-state index contributed by atoms with van der Waals surface area (Å²) in [7, 11) is 0. The minimum atomic E-state index is -0.278. The fourth-order valence-corrected chi connectivity index (χ4v) is 5.31. The Morgan fingerprint density at radius 2 is 2.10 bits per heavy atom. The second-order valence-electron chi connectivity index (χ2n) is 9.15. The Morgan fingerprint density at radius 1 is 1.23 bits per heavy atom. The van der Waals surface area contributed by atoms with Gasteiger partial charge in [0.2, 0.25) is 0 Å². The van der Waals surface area contributed by atoms with Crippen molar-refractivity contribution < 1.29 is 9.90 Å². The summed E-state index contributed by atoms with van der Waals surface area (Å²) in [5.74, 6) is 0.0422. The molecule has 1 atom stereocenters. The van der Waals surface area contributed by atoms with E-state index < -0.39 is 0 Å². The van der Waals surface area contributed by atoms with Crippen molar-refractivity contribution in [3.8, 4) is 0 Å². The second-order valence-corrected chi connectivity index (χ2v) is 9.15. The number of aromatic nitrogens is 3. The van der Waals surface area contributed by atoms with Crippen LogP contribution in [0.5, 0.6) is 0 Å². The van der Waals surface area contributed by atoms with Gasteiger partial charge in [-0.25, -0.2) is 4.98 Å². The Bertz CT molecular complexity index is 1080. The fourth-order valence-electron chi connectivity index (χ4n) is 5.31. The van der Waals surface area contributed by atoms with Gasteiger partial charge in [-0.05, 0) is 43.2 Å². The molecule has 30 heavy (non-hydrogen) atoms. The van der Waals surface area contributed by atoms with E-state index in [-0.39, 0.29) is 17.6 Å². The van der Waals surface area contributed by atoms with E-state index in [9.17, 15) is 9.90 Å². The number of aliphatic hydroxyl groups is 1. The molecular weight excluding hydrogens is 378 g/mol. The molecule has 7 heteroatoms. The van der Waals surface area contributed by atoms with Crippen LogP contribution < -0.4 is 0 Å². The summed E-state index contributed by atoms with van der Waals surface area (Å²) < 4.78 is 2.13. The number of carbonyl (C=O) groups is 1. The maximum atomic E-state index is 13.4. The molecule has 1 spiro atoms. The molecule has 1 saturated carbocycles. The molecule has 1 saturated heterocycles. The largest absolute Gasteiger partial charge is 0.393 e. The number of fused-ring (bicyclic) bond motifs is 2. The molecule has 7 nitrogen and oxygen atoms in total. The van der Waals surface area contributed by atoms with E-state index in [1.807, 2.05) is 17.3 Å². The van der Waals surface area contributed by atoms with E-state index in [2.05, 4.69) is 43.7 Å². The first-order valence-electron chi connectivity index (χ1n) is 10.9. The van der Waals surface area contributed by atoms with Crippen LogP contribution in [0, 0.1) is 0 Å². The number of para-hydroxylation sites is 1. The van der Waals surface area contributed by atoms with Crippen LogP contribution in [0.1, 0.15) is 47.6 Å². The van der Waals surface area contributed by atoms with Gasteiger partial charge in [0.05, 0.1) is 18.1 Å². The quantitative estimate of drug-likeness (QED) is 0.702. The lowest BCUT2D eigenvalue weighted by atomic mass is 9.96. The minimum Gasteiger partial charge on any atom is -0.393 e. The van der Waals surface area contributed by atoms with E-state index in [0.717, 1.165) is 50.2 Å². The number of aromatic amines is 1. The number of aliphatic hydroxyl groups excluding tert-OH is 1. The normalized spacial score (nSPS) is 23.1. The first kappa shape index (κ1) is 18.2. The lowest BCUT2D eigenvalue weighted by Crippen LogP contribution is -2.50. The first-order valence-corrected chi connectivity index (χ1v) is 10.9. The molecule has 3 aliphatic rings. The zero-order valence-corrected chi connectivity index (χ0v) is 17.0. The van der Waals surface area contributed by atoms with Crippen LogP contribution in [-0.4, -0.2) is 60.1 Å². The third kappa shape index (κ3) is 2.96. The van der Waals surface area contributed by atoms with E-state index in [1.54, 1.807) is 0 Å². The van der Waals surface area contributed by atoms with Crippen LogP contribution in [0.25, 0.3) is 10.9 Å². The molecule has 156 valence electrons. The Hall–Kier alpha value is -2.64. The number of likely N-dealkylation sites (tertiary alicyclic amines) is 1. The number of hydrogen-bond donors (Lipinski definition) is 2. The van der Waals surface area contributed by atoms with E-state index >= 15 is 0 Å². The lowest BCUT2D eigenvalue weighted by molar-refractivity contribution is 0.0243. The molecule has 3 aromatic rings. The number of hydrogen-bond acceptors (Lipinski definition) is 4. The highest BCUT2D eigenvalue weighted by Crippen LogP contribution is 2.49. The summed E-state index contributed by atoms with van der Waals surface area (Å²) in [6.07, 6.45) is 4.91. The van der Waals surface area contributed by atoms with Crippen LogP contribution >= 0.6 is 0 Å². The van der Waals surface area contributed by atoms with Crippen molar-refractivity contribution in [3.63, 3.8) is 0 Å². The van der Waals surface area contributed by atoms with Gasteiger partial charge in [-0.1, -0.05) is 18.2 Å². The maximum absolute atomic E-state index is 13.4. The molecule has 4 heterocycles. The molecular formula is C23H27N5O2. The highest BCUT2D eigenvalue weighted by Gasteiger charge is 2.53. The molecule has 2 aromatic heterocycles. The molecule has 2 fully saturated rings. The highest BCUT2D eigenvalue weighted by molar-refractivity contribution is 5.94. The summed E-state index contributed by atoms with van der Waals surface area (Å²) in [5.41, 5.74) is 3.85. The predicted octanol–water partition coefficient (Wildman–Crippen LogP) is 2.51. The number of benzene rings is 1. The number of rotatable bonds is 3. The number of H-pyrrole nitrogens is 1. The summed E-state index contributed by atoms with van der Waals surface area (Å²) in [4.78, 5) is 25.8. The van der Waals surface area contributed by atoms with E-state index in [0.29, 0.717) is 25.1 Å². The van der Waals surface area contributed by atoms with Gasteiger partial charge in [0, 0.05) is 49.5 Å². The van der Waals surface area contributed by atoms with Gasteiger partial charge in [-0.2, -0.15) is 0 Å². The van der Waals surface area contributed by atoms with Crippen molar-refractivity contribution in [3.05, 3.63) is 53.7 Å². The number of nitrogens with one attached hydrogen (secondary N) is 1. The molecule has 0 bridgehead atoms. The van der Waals surface area contributed by atoms with Gasteiger partial charge in [-0.15, -0.1) is 0 Å². The van der Waals surface area contributed by atoms with Gasteiger partial charge < -0.3 is 19.6 Å². The maximum Gasteiger partial charge on any atom is 0.274 e. The Labute approximate surface area is 175 Å². The molecule has 1 amide bonds. The van der Waals surface area contributed by atoms with Crippen molar-refractivity contribution in [2.24, 2.45) is 0 Å². The van der Waals surface area contributed by atoms with Crippen LogP contribution in [-0.2, 0) is 19.6 Å². The standard InChI is InChI=1S/C23H27N5O2/c29-18-5-8-28(23(12-18)6-7-23)22(30)21-20-14-26(9-10-27(20)15-24-21)13-17-11-16-3-1-2-4-19(16)25-17/h1-4,11,15,18,25,29H,5-10,12-14H2. The van der Waals surface area contributed by atoms with Gasteiger partial charge in [0.25, 0.3) is 5.91 Å². The van der Waals surface area contributed by atoms with Gasteiger partial charge in [0.15, 0.2) is 5.69 Å². The SMILES string of the molecule is O=C(c1ncn2c1CN(Cc1cc3ccccc3[nH]1)CC2)N1CCC(O)CC12CC2. The molecule has 1 aliphatic carbocycles. The number of piperidine rings is 1. The van der Waals surface area contributed by atoms with Crippen LogP contribution in [0.3, 0.4) is 0 Å². The van der Waals surface area contributed by atoms with Gasteiger partial charge in [0.1, 0.15) is 0 Å². The van der Waals surface area contributed by atoms with Crippen molar-refractivity contribution in [1.29, 1.82) is 0 Å². The fraction of sp³-hybridized carbons (Fsp3) is 0.478. The third-order valence-electron chi connectivity index (χ3n) is 7.11.